The fourth-order valence-electron chi connectivity index (χ4n) is 8.55. The molecule has 0 saturated carbocycles. The van der Waals surface area contributed by atoms with Crippen molar-refractivity contribution in [1.82, 2.24) is 0 Å². The summed E-state index contributed by atoms with van der Waals surface area (Å²) in [6.45, 7) is 6.21. The minimum absolute atomic E-state index is 0.115. The van der Waals surface area contributed by atoms with Crippen LogP contribution >= 0.6 is 0 Å². The van der Waals surface area contributed by atoms with E-state index < -0.39 is 6.10 Å². The minimum Gasteiger partial charge on any atom is -0.462 e. The van der Waals surface area contributed by atoms with Gasteiger partial charge in [0.2, 0.25) is 0 Å². The van der Waals surface area contributed by atoms with E-state index in [9.17, 15) is 14.4 Å². The predicted octanol–water partition coefficient (Wildman–Crippen LogP) is 23.2. The summed E-state index contributed by atoms with van der Waals surface area (Å²) in [5.41, 5.74) is 0. The van der Waals surface area contributed by atoms with Crippen LogP contribution in [0, 0.1) is 0 Å². The number of hydrogen-bond donors (Lipinski definition) is 0. The highest BCUT2D eigenvalue weighted by molar-refractivity contribution is 5.71. The van der Waals surface area contributed by atoms with E-state index >= 15 is 0 Å². The number of ether oxygens (including phenoxy) is 3. The Morgan fingerprint density at radius 3 is 0.747 bits per heavy atom. The number of hydrogen-bond acceptors (Lipinski definition) is 6. The van der Waals surface area contributed by atoms with Crippen molar-refractivity contribution >= 4 is 17.9 Å². The van der Waals surface area contributed by atoms with Gasteiger partial charge in [-0.25, -0.2) is 0 Å². The molecule has 6 nitrogen and oxygen atoms in total. The lowest BCUT2D eigenvalue weighted by atomic mass is 10.1. The maximum Gasteiger partial charge on any atom is 0.306 e. The first-order chi connectivity index (χ1) is 41.0. The molecule has 464 valence electrons. The minimum atomic E-state index is -0.826. The van der Waals surface area contributed by atoms with Gasteiger partial charge in [0.05, 0.1) is 0 Å². The van der Waals surface area contributed by atoms with E-state index in [1.165, 1.54) is 64.2 Å². The molecule has 0 aromatic heterocycles. The molecule has 0 aromatic rings. The quantitative estimate of drug-likeness (QED) is 0.0261. The molecule has 0 aromatic carbocycles. The normalized spacial score (nSPS) is 13.3. The summed E-state index contributed by atoms with van der Waals surface area (Å²) < 4.78 is 16.9. The van der Waals surface area contributed by atoms with Crippen molar-refractivity contribution in [3.8, 4) is 0 Å². The average Bonchev–Trinajstić information content (AvgIpc) is 3.49. The summed E-state index contributed by atoms with van der Waals surface area (Å²) >= 11 is 0. The van der Waals surface area contributed by atoms with Crippen molar-refractivity contribution < 1.29 is 28.6 Å². The molecule has 0 aliphatic rings. The zero-order valence-electron chi connectivity index (χ0n) is 53.1. The Morgan fingerprint density at radius 1 is 0.241 bits per heavy atom. The highest BCUT2D eigenvalue weighted by Crippen LogP contribution is 2.15. The molecule has 0 radical (unpaired) electrons. The first-order valence-electron chi connectivity index (χ1n) is 33.3. The van der Waals surface area contributed by atoms with Crippen molar-refractivity contribution in [1.29, 1.82) is 0 Å². The van der Waals surface area contributed by atoms with E-state index in [4.69, 9.17) is 14.2 Å². The first kappa shape index (κ1) is 77.5. The van der Waals surface area contributed by atoms with E-state index in [0.717, 1.165) is 154 Å². The molecule has 0 aliphatic carbocycles. The summed E-state index contributed by atoms with van der Waals surface area (Å²) in [4.78, 5) is 38.3. The van der Waals surface area contributed by atoms with Gasteiger partial charge in [-0.3, -0.25) is 14.4 Å². The lowest BCUT2D eigenvalue weighted by molar-refractivity contribution is -0.166. The Bertz CT molecular complexity index is 1940. The molecule has 0 amide bonds. The molecule has 0 heterocycles. The fourth-order valence-corrected chi connectivity index (χ4v) is 8.55. The Labute approximate surface area is 510 Å². The van der Waals surface area contributed by atoms with Gasteiger partial charge in [-0.1, -0.05) is 287 Å². The van der Waals surface area contributed by atoms with Gasteiger partial charge in [-0.2, -0.15) is 0 Å². The first-order valence-corrected chi connectivity index (χ1v) is 33.3. The van der Waals surface area contributed by atoms with Gasteiger partial charge in [0.15, 0.2) is 6.10 Å². The third-order valence-corrected chi connectivity index (χ3v) is 13.4. The SMILES string of the molecule is CC/C=C\C/C=C\C/C=C\C/C=C\C/C=C\C/C=C\CCCCCCCCCCCCC(=O)OCC(COC(=O)CC/C=C\C/C=C\C/C=C\C/C=C\CC)OC(=O)CCCCCCCCC/C=C\C/C=C\C/C=C\C/C=C\C/C=C\CC. The molecule has 6 heteroatoms. The van der Waals surface area contributed by atoms with Crippen molar-refractivity contribution in [3.05, 3.63) is 182 Å². The number of carbonyl (C=O) groups is 3. The number of allylic oxidation sites excluding steroid dienone is 30. The molecule has 1 atom stereocenters. The van der Waals surface area contributed by atoms with Gasteiger partial charge in [-0.05, 0) is 141 Å². The van der Waals surface area contributed by atoms with Crippen LogP contribution in [0.5, 0.6) is 0 Å². The van der Waals surface area contributed by atoms with Crippen molar-refractivity contribution in [2.45, 2.75) is 271 Å². The Morgan fingerprint density at radius 2 is 0.458 bits per heavy atom. The van der Waals surface area contributed by atoms with E-state index in [1.54, 1.807) is 0 Å². The molecule has 0 spiro atoms. The molecular formula is C77H120O6. The van der Waals surface area contributed by atoms with Crippen molar-refractivity contribution in [2.24, 2.45) is 0 Å². The van der Waals surface area contributed by atoms with E-state index in [1.807, 2.05) is 6.08 Å². The Kier molecular flexibility index (Phi) is 64.4. The topological polar surface area (TPSA) is 78.9 Å². The van der Waals surface area contributed by atoms with Crippen LogP contribution in [-0.4, -0.2) is 37.2 Å². The number of rotatable bonds is 58. The molecule has 83 heavy (non-hydrogen) atoms. The summed E-state index contributed by atoms with van der Waals surface area (Å²) in [7, 11) is 0. The summed E-state index contributed by atoms with van der Waals surface area (Å²) in [5.74, 6) is -1.02. The lowest BCUT2D eigenvalue weighted by Gasteiger charge is -2.18. The van der Waals surface area contributed by atoms with Gasteiger partial charge in [0.25, 0.3) is 0 Å². The van der Waals surface area contributed by atoms with E-state index in [-0.39, 0.29) is 37.5 Å². The second kappa shape index (κ2) is 69.0. The molecule has 0 fully saturated rings. The Hall–Kier alpha value is -5.49. The number of carbonyl (C=O) groups excluding carboxylic acids is 3. The predicted molar refractivity (Wildman–Crippen MR) is 361 cm³/mol. The van der Waals surface area contributed by atoms with Crippen LogP contribution in [0.15, 0.2) is 182 Å². The average molecular weight is 1140 g/mol. The highest BCUT2D eigenvalue weighted by atomic mass is 16.6. The van der Waals surface area contributed by atoms with Crippen LogP contribution in [-0.2, 0) is 28.6 Å². The van der Waals surface area contributed by atoms with Crippen LogP contribution in [0.1, 0.15) is 265 Å². The van der Waals surface area contributed by atoms with Crippen LogP contribution in [0.2, 0.25) is 0 Å². The number of unbranched alkanes of at least 4 members (excludes halogenated alkanes) is 17. The third kappa shape index (κ3) is 67.2. The van der Waals surface area contributed by atoms with Crippen LogP contribution in [0.25, 0.3) is 0 Å². The Balaban J connectivity index is 4.40. The molecular weight excluding hydrogens is 1020 g/mol. The molecule has 0 N–H and O–H groups in total. The monoisotopic (exact) mass is 1140 g/mol. The summed E-state index contributed by atoms with van der Waals surface area (Å²) in [6, 6.07) is 0. The van der Waals surface area contributed by atoms with E-state index in [2.05, 4.69) is 197 Å². The maximum absolute atomic E-state index is 12.9. The van der Waals surface area contributed by atoms with Gasteiger partial charge in [0.1, 0.15) is 13.2 Å². The fraction of sp³-hybridized carbons (Fsp3) is 0.571. The lowest BCUT2D eigenvalue weighted by Crippen LogP contribution is -2.30. The smallest absolute Gasteiger partial charge is 0.306 e. The van der Waals surface area contributed by atoms with Gasteiger partial charge in [0, 0.05) is 19.3 Å². The maximum atomic E-state index is 12.9. The van der Waals surface area contributed by atoms with Gasteiger partial charge in [-0.15, -0.1) is 0 Å². The number of esters is 3. The largest absolute Gasteiger partial charge is 0.462 e. The molecule has 0 rings (SSSR count). The van der Waals surface area contributed by atoms with Gasteiger partial charge < -0.3 is 14.2 Å². The molecule has 1 unspecified atom stereocenters. The zero-order chi connectivity index (χ0) is 59.9. The van der Waals surface area contributed by atoms with E-state index in [0.29, 0.717) is 19.3 Å². The highest BCUT2D eigenvalue weighted by Gasteiger charge is 2.19. The molecule has 0 aliphatic heterocycles. The van der Waals surface area contributed by atoms with Crippen molar-refractivity contribution in [3.63, 3.8) is 0 Å². The molecule has 0 saturated heterocycles. The molecule has 0 bridgehead atoms. The second-order valence-corrected chi connectivity index (χ2v) is 21.2. The van der Waals surface area contributed by atoms with Crippen LogP contribution in [0.4, 0.5) is 0 Å². The third-order valence-electron chi connectivity index (χ3n) is 13.4. The van der Waals surface area contributed by atoms with Crippen LogP contribution in [0.3, 0.4) is 0 Å². The zero-order valence-corrected chi connectivity index (χ0v) is 53.1. The standard InChI is InChI=1S/C77H120O6/c1-4-7-10-13-16-19-22-25-27-29-31-33-35-36-37-38-39-40-42-43-45-47-49-52-55-58-61-64-67-70-76(79)82-73-74(72-81-75(78)69-66-63-60-57-54-51-24-21-18-15-12-9-6-3)83-77(80)71-68-65-62-59-56-53-50-48-46-44-41-34-32-30-28-26-23-20-17-14-11-8-5-2/h7-12,16-21,25-28,31-34,36-37,39-40,44,46,51,54,60,63,74H,4-6,13-15,22-24,29-30,35,38,41-43,45,47-50,52-53,55-59,61-62,64-73H2,1-3H3/b10-7-,11-8-,12-9-,19-16-,20-17-,21-18-,27-25-,28-26-,33-31-,34-32-,37-36-,40-39-,46-44-,54-51-,63-60-. The van der Waals surface area contributed by atoms with Crippen molar-refractivity contribution in [2.75, 3.05) is 13.2 Å². The van der Waals surface area contributed by atoms with Crippen LogP contribution < -0.4 is 0 Å². The summed E-state index contributed by atoms with van der Waals surface area (Å²) in [5, 5.41) is 0. The second-order valence-electron chi connectivity index (χ2n) is 21.2. The summed E-state index contributed by atoms with van der Waals surface area (Å²) in [6.07, 6.45) is 103. The van der Waals surface area contributed by atoms with Gasteiger partial charge >= 0.3 is 17.9 Å².